The zero-order valence-electron chi connectivity index (χ0n) is 23.5. The van der Waals surface area contributed by atoms with Gasteiger partial charge >= 0.3 is 0 Å². The average molecular weight is 587 g/mol. The monoisotopic (exact) mass is 586 g/mol. The Morgan fingerprint density at radius 3 is 1.03 bits per heavy atom. The Morgan fingerprint density at radius 2 is 0.765 bits per heavy atom. The van der Waals surface area contributed by atoms with Crippen molar-refractivity contribution in [3.05, 3.63) is 0 Å². The topological polar surface area (TPSA) is 18.5 Å². The van der Waals surface area contributed by atoms with Crippen LogP contribution in [0.3, 0.4) is 0 Å². The van der Waals surface area contributed by atoms with E-state index in [2.05, 4.69) is 63.1 Å². The van der Waals surface area contributed by atoms with E-state index in [1.807, 2.05) is 19.7 Å². The summed E-state index contributed by atoms with van der Waals surface area (Å²) in [5.41, 5.74) is 0. The van der Waals surface area contributed by atoms with E-state index < -0.39 is 17.6 Å². The lowest BCUT2D eigenvalue weighted by Crippen LogP contribution is -2.31. The molecule has 2 unspecified atom stereocenters. The standard InChI is InChI=1S/C26H58O2S4Si2/c1-7-13-19-27-25(33(21-15-9-3)22-16-10-4)29-31-32-30-26(28-20-14-8-2)34(23-17-11-5)24-18-12-6/h25-26,33-34H,7-24H2,1-6H3. The summed E-state index contributed by atoms with van der Waals surface area (Å²) in [6.45, 7) is 15.8. The van der Waals surface area contributed by atoms with Gasteiger partial charge in [0.05, 0.1) is 27.7 Å². The van der Waals surface area contributed by atoms with Gasteiger partial charge in [0.15, 0.2) is 0 Å². The van der Waals surface area contributed by atoms with Gasteiger partial charge in [-0.2, -0.15) is 0 Å². The Bertz CT molecular complexity index is 359. The molecule has 0 saturated heterocycles. The van der Waals surface area contributed by atoms with Crippen LogP contribution in [0.2, 0.25) is 24.2 Å². The summed E-state index contributed by atoms with van der Waals surface area (Å²) in [6, 6.07) is 5.80. The van der Waals surface area contributed by atoms with Crippen LogP contribution in [0.1, 0.15) is 119 Å². The highest BCUT2D eigenvalue weighted by atomic mass is 33.7. The first-order valence-corrected chi connectivity index (χ1v) is 24.1. The number of ether oxygens (including phenoxy) is 2. The largest absolute Gasteiger partial charge is 0.371 e. The predicted molar refractivity (Wildman–Crippen MR) is 173 cm³/mol. The normalized spacial score (nSPS) is 13.8. The van der Waals surface area contributed by atoms with Crippen molar-refractivity contribution in [2.75, 3.05) is 13.2 Å². The number of rotatable bonds is 27. The lowest BCUT2D eigenvalue weighted by Gasteiger charge is -2.27. The fourth-order valence-corrected chi connectivity index (χ4v) is 23.6. The van der Waals surface area contributed by atoms with Crippen LogP contribution in [0.5, 0.6) is 0 Å². The van der Waals surface area contributed by atoms with Gasteiger partial charge in [0, 0.05) is 13.2 Å². The van der Waals surface area contributed by atoms with Gasteiger partial charge in [0.25, 0.3) is 0 Å². The molecule has 0 aliphatic carbocycles. The minimum Gasteiger partial charge on any atom is -0.371 e. The van der Waals surface area contributed by atoms with Crippen molar-refractivity contribution in [3.8, 4) is 0 Å². The molecule has 34 heavy (non-hydrogen) atoms. The van der Waals surface area contributed by atoms with Gasteiger partial charge in [0.1, 0.15) is 0 Å². The molecule has 0 saturated carbocycles. The maximum Gasteiger partial charge on any atom is 0.0988 e. The maximum absolute atomic E-state index is 6.54. The number of unbranched alkanes of at least 4 members (excludes halogenated alkanes) is 6. The summed E-state index contributed by atoms with van der Waals surface area (Å²) in [7, 11) is 6.32. The Labute approximate surface area is 233 Å². The van der Waals surface area contributed by atoms with E-state index in [-0.39, 0.29) is 0 Å². The van der Waals surface area contributed by atoms with Crippen molar-refractivity contribution < 1.29 is 9.47 Å². The first-order valence-electron chi connectivity index (χ1n) is 14.6. The Kier molecular flexibility index (Phi) is 29.2. The molecule has 0 bridgehead atoms. The highest BCUT2D eigenvalue weighted by Gasteiger charge is 2.27. The summed E-state index contributed by atoms with van der Waals surface area (Å²) < 4.78 is 13.1. The molecule has 0 rings (SSSR count). The number of hydrogen-bond acceptors (Lipinski definition) is 6. The fraction of sp³-hybridized carbons (Fsp3) is 1.00. The van der Waals surface area contributed by atoms with Crippen molar-refractivity contribution in [2.45, 2.75) is 153 Å². The van der Waals surface area contributed by atoms with Crippen LogP contribution in [-0.4, -0.2) is 40.9 Å². The molecule has 0 N–H and O–H groups in total. The third-order valence-electron chi connectivity index (χ3n) is 6.34. The molecule has 0 amide bonds. The van der Waals surface area contributed by atoms with E-state index in [0.29, 0.717) is 10.1 Å². The first kappa shape index (κ1) is 35.8. The van der Waals surface area contributed by atoms with Crippen molar-refractivity contribution in [1.82, 2.24) is 0 Å². The predicted octanol–water partition coefficient (Wildman–Crippen LogP) is 10.7. The minimum absolute atomic E-state index is 0.468. The molecule has 206 valence electrons. The summed E-state index contributed by atoms with van der Waals surface area (Å²) in [6.07, 6.45) is 15.7. The van der Waals surface area contributed by atoms with E-state index in [4.69, 9.17) is 9.47 Å². The molecule has 0 aromatic carbocycles. The molecular formula is C26H58O2S4Si2. The highest BCUT2D eigenvalue weighted by molar-refractivity contribution is 9.26. The third-order valence-corrected chi connectivity index (χ3v) is 23.2. The lowest BCUT2D eigenvalue weighted by atomic mass is 10.4. The molecular weight excluding hydrogens is 529 g/mol. The Balaban J connectivity index is 4.97. The van der Waals surface area contributed by atoms with Crippen LogP contribution < -0.4 is 0 Å². The first-order chi connectivity index (χ1) is 16.7. The maximum atomic E-state index is 6.54. The molecule has 0 spiro atoms. The van der Waals surface area contributed by atoms with Crippen LogP contribution >= 0.6 is 41.2 Å². The van der Waals surface area contributed by atoms with E-state index in [0.717, 1.165) is 13.2 Å². The van der Waals surface area contributed by atoms with Crippen LogP contribution in [0.15, 0.2) is 0 Å². The second kappa shape index (κ2) is 27.8. The Morgan fingerprint density at radius 1 is 0.471 bits per heavy atom. The van der Waals surface area contributed by atoms with Crippen LogP contribution in [0.25, 0.3) is 0 Å². The van der Waals surface area contributed by atoms with E-state index in [1.165, 1.54) is 101 Å². The van der Waals surface area contributed by atoms with Crippen LogP contribution in [-0.2, 0) is 9.47 Å². The molecule has 2 nitrogen and oxygen atoms in total. The molecule has 0 heterocycles. The summed E-state index contributed by atoms with van der Waals surface area (Å²) in [4.78, 5) is 0. The third kappa shape index (κ3) is 19.8. The van der Waals surface area contributed by atoms with Gasteiger partial charge < -0.3 is 9.47 Å². The zero-order valence-corrected chi connectivity index (χ0v) is 29.1. The van der Waals surface area contributed by atoms with E-state index in [1.54, 1.807) is 0 Å². The van der Waals surface area contributed by atoms with Crippen LogP contribution in [0, 0.1) is 0 Å². The zero-order chi connectivity index (χ0) is 25.3. The second-order valence-corrected chi connectivity index (χ2v) is 23.1. The molecule has 0 aromatic rings. The SMILES string of the molecule is CCCCOC(SSSSC(OCCCC)[SiH](CCCC)CCCC)[SiH](CCCC)CCCC. The van der Waals surface area contributed by atoms with Gasteiger partial charge in [-0.15, -0.1) is 0 Å². The second-order valence-electron chi connectivity index (χ2n) is 9.60. The molecule has 0 aromatic heterocycles. The number of hydrogen-bond donors (Lipinski definition) is 0. The van der Waals surface area contributed by atoms with E-state index >= 15 is 0 Å². The fourth-order valence-electron chi connectivity index (χ4n) is 3.98. The molecule has 0 radical (unpaired) electrons. The average Bonchev–Trinajstić information content (AvgIpc) is 2.85. The van der Waals surface area contributed by atoms with Gasteiger partial charge in [-0.25, -0.2) is 0 Å². The molecule has 0 fully saturated rings. The van der Waals surface area contributed by atoms with E-state index in [9.17, 15) is 0 Å². The minimum atomic E-state index is -0.893. The van der Waals surface area contributed by atoms with Crippen molar-refractivity contribution in [2.24, 2.45) is 0 Å². The summed E-state index contributed by atoms with van der Waals surface area (Å²) in [5.74, 6) is 0. The molecule has 8 heteroatoms. The molecule has 2 atom stereocenters. The van der Waals surface area contributed by atoms with Gasteiger partial charge in [-0.05, 0) is 32.5 Å². The van der Waals surface area contributed by atoms with Gasteiger partial charge in [0.2, 0.25) is 0 Å². The van der Waals surface area contributed by atoms with Crippen molar-refractivity contribution in [3.63, 3.8) is 0 Å². The quantitative estimate of drug-likeness (QED) is 0.0409. The van der Waals surface area contributed by atoms with Gasteiger partial charge in [-0.1, -0.05) is 152 Å². The van der Waals surface area contributed by atoms with Gasteiger partial charge in [-0.3, -0.25) is 0 Å². The van der Waals surface area contributed by atoms with Crippen molar-refractivity contribution >= 4 is 58.8 Å². The summed E-state index contributed by atoms with van der Waals surface area (Å²) >= 11 is 0. The smallest absolute Gasteiger partial charge is 0.0988 e. The lowest BCUT2D eigenvalue weighted by molar-refractivity contribution is 0.150. The summed E-state index contributed by atoms with van der Waals surface area (Å²) in [5, 5.41) is 0.936. The van der Waals surface area contributed by atoms with Crippen molar-refractivity contribution in [1.29, 1.82) is 0 Å². The molecule has 0 aliphatic rings. The van der Waals surface area contributed by atoms with Crippen LogP contribution in [0.4, 0.5) is 0 Å². The highest BCUT2D eigenvalue weighted by Crippen LogP contribution is 2.49. The Hall–Kier alpha value is 1.75. The molecule has 0 aliphatic heterocycles.